The SMILES string of the molecule is OCC12CCC(OCc3cccc(Oc4ccccc4)c3)(CC1)C2. The Kier molecular flexibility index (Phi) is 4.07. The van der Waals surface area contributed by atoms with Crippen LogP contribution in [0.4, 0.5) is 0 Å². The molecule has 0 radical (unpaired) electrons. The van der Waals surface area contributed by atoms with Gasteiger partial charge in [-0.25, -0.2) is 0 Å². The van der Waals surface area contributed by atoms with Crippen molar-refractivity contribution in [2.24, 2.45) is 5.41 Å². The molecular weight excluding hydrogens is 300 g/mol. The highest BCUT2D eigenvalue weighted by Crippen LogP contribution is 2.58. The van der Waals surface area contributed by atoms with Crippen LogP contribution in [-0.2, 0) is 11.3 Å². The van der Waals surface area contributed by atoms with Crippen LogP contribution in [0.1, 0.15) is 37.7 Å². The molecule has 1 N–H and O–H groups in total. The van der Waals surface area contributed by atoms with Crippen molar-refractivity contribution < 1.29 is 14.6 Å². The molecule has 0 aromatic heterocycles. The van der Waals surface area contributed by atoms with E-state index in [0.717, 1.165) is 49.2 Å². The third-order valence-corrected chi connectivity index (χ3v) is 5.68. The fourth-order valence-corrected chi connectivity index (χ4v) is 4.24. The minimum atomic E-state index is -0.0149. The molecule has 2 saturated carbocycles. The standard InChI is InChI=1S/C21H24O3/c22-16-20-9-11-21(15-20,12-10-20)23-14-17-5-4-8-19(13-17)24-18-6-2-1-3-7-18/h1-8,13,22H,9-12,14-16H2. The van der Waals surface area contributed by atoms with E-state index in [1.54, 1.807) is 0 Å². The van der Waals surface area contributed by atoms with Gasteiger partial charge >= 0.3 is 0 Å². The molecule has 3 heteroatoms. The molecule has 2 aliphatic rings. The van der Waals surface area contributed by atoms with Crippen LogP contribution in [-0.4, -0.2) is 17.3 Å². The summed E-state index contributed by atoms with van der Waals surface area (Å²) in [6.45, 7) is 0.909. The Morgan fingerprint density at radius 3 is 2.33 bits per heavy atom. The van der Waals surface area contributed by atoms with Crippen LogP contribution >= 0.6 is 0 Å². The number of ether oxygens (including phenoxy) is 2. The van der Waals surface area contributed by atoms with Crippen molar-refractivity contribution in [3.63, 3.8) is 0 Å². The van der Waals surface area contributed by atoms with Crippen molar-refractivity contribution in [2.75, 3.05) is 6.61 Å². The predicted molar refractivity (Wildman–Crippen MR) is 93.1 cm³/mol. The molecule has 2 fully saturated rings. The molecular formula is C21H24O3. The van der Waals surface area contributed by atoms with E-state index < -0.39 is 0 Å². The maximum atomic E-state index is 9.65. The lowest BCUT2D eigenvalue weighted by atomic mass is 9.85. The highest BCUT2D eigenvalue weighted by atomic mass is 16.5. The van der Waals surface area contributed by atoms with E-state index in [0.29, 0.717) is 13.2 Å². The Morgan fingerprint density at radius 2 is 1.62 bits per heavy atom. The molecule has 0 spiro atoms. The number of aliphatic hydroxyl groups is 1. The van der Waals surface area contributed by atoms with Crippen LogP contribution < -0.4 is 4.74 Å². The van der Waals surface area contributed by atoms with E-state index in [-0.39, 0.29) is 11.0 Å². The van der Waals surface area contributed by atoms with Crippen LogP contribution in [0, 0.1) is 5.41 Å². The molecule has 0 aliphatic heterocycles. The first-order valence-corrected chi connectivity index (χ1v) is 8.78. The number of para-hydroxylation sites is 1. The summed E-state index contributed by atoms with van der Waals surface area (Å²) in [4.78, 5) is 0. The summed E-state index contributed by atoms with van der Waals surface area (Å²) < 4.78 is 12.2. The molecule has 2 bridgehead atoms. The molecule has 24 heavy (non-hydrogen) atoms. The highest BCUT2D eigenvalue weighted by molar-refractivity contribution is 5.33. The minimum Gasteiger partial charge on any atom is -0.457 e. The summed E-state index contributed by atoms with van der Waals surface area (Å²) in [5.74, 6) is 1.68. The molecule has 0 atom stereocenters. The summed E-state index contributed by atoms with van der Waals surface area (Å²) in [6, 6.07) is 17.9. The third kappa shape index (κ3) is 3.06. The Labute approximate surface area is 143 Å². The van der Waals surface area contributed by atoms with Crippen molar-refractivity contribution in [3.8, 4) is 11.5 Å². The van der Waals surface area contributed by atoms with Crippen LogP contribution in [0.15, 0.2) is 54.6 Å². The average molecular weight is 324 g/mol. The molecule has 126 valence electrons. The van der Waals surface area contributed by atoms with Gasteiger partial charge in [0.1, 0.15) is 11.5 Å². The molecule has 0 amide bonds. The predicted octanol–water partition coefficient (Wildman–Crippen LogP) is 4.69. The van der Waals surface area contributed by atoms with Gasteiger partial charge in [-0.3, -0.25) is 0 Å². The number of fused-ring (bicyclic) bond motifs is 2. The fraction of sp³-hybridized carbons (Fsp3) is 0.429. The normalized spacial score (nSPS) is 28.2. The summed E-state index contributed by atoms with van der Waals surface area (Å²) >= 11 is 0. The Balaban J connectivity index is 1.40. The van der Waals surface area contributed by atoms with E-state index >= 15 is 0 Å². The van der Waals surface area contributed by atoms with Gasteiger partial charge in [0.25, 0.3) is 0 Å². The number of rotatable bonds is 6. The van der Waals surface area contributed by atoms with Crippen LogP contribution in [0.25, 0.3) is 0 Å². The topological polar surface area (TPSA) is 38.7 Å². The van der Waals surface area contributed by atoms with Crippen molar-refractivity contribution in [2.45, 2.75) is 44.3 Å². The minimum absolute atomic E-state index is 0.0149. The summed E-state index contributed by atoms with van der Waals surface area (Å²) in [5, 5.41) is 9.65. The van der Waals surface area contributed by atoms with E-state index in [1.807, 2.05) is 48.5 Å². The number of hydrogen-bond acceptors (Lipinski definition) is 3. The van der Waals surface area contributed by atoms with E-state index in [4.69, 9.17) is 9.47 Å². The first-order chi connectivity index (χ1) is 11.7. The molecule has 2 aliphatic carbocycles. The quantitative estimate of drug-likeness (QED) is 0.837. The zero-order chi connectivity index (χ0) is 16.5. The second kappa shape index (κ2) is 6.23. The van der Waals surface area contributed by atoms with E-state index in [9.17, 15) is 5.11 Å². The van der Waals surface area contributed by atoms with Gasteiger partial charge in [0.05, 0.1) is 12.2 Å². The molecule has 3 nitrogen and oxygen atoms in total. The summed E-state index contributed by atoms with van der Waals surface area (Å²) in [7, 11) is 0. The molecule has 2 aromatic carbocycles. The Hall–Kier alpha value is -1.84. The van der Waals surface area contributed by atoms with Crippen molar-refractivity contribution in [3.05, 3.63) is 60.2 Å². The van der Waals surface area contributed by atoms with Gasteiger partial charge in [0.15, 0.2) is 0 Å². The highest BCUT2D eigenvalue weighted by Gasteiger charge is 2.54. The van der Waals surface area contributed by atoms with Crippen molar-refractivity contribution >= 4 is 0 Å². The van der Waals surface area contributed by atoms with Gasteiger partial charge in [-0.05, 0) is 67.3 Å². The molecule has 0 heterocycles. The maximum absolute atomic E-state index is 9.65. The van der Waals surface area contributed by atoms with Crippen LogP contribution in [0.5, 0.6) is 11.5 Å². The maximum Gasteiger partial charge on any atom is 0.127 e. The zero-order valence-electron chi connectivity index (χ0n) is 13.9. The first-order valence-electron chi connectivity index (χ1n) is 8.78. The number of hydrogen-bond donors (Lipinski definition) is 1. The van der Waals surface area contributed by atoms with Gasteiger partial charge in [-0.1, -0.05) is 30.3 Å². The zero-order valence-corrected chi connectivity index (χ0v) is 13.9. The van der Waals surface area contributed by atoms with Crippen LogP contribution in [0.2, 0.25) is 0 Å². The van der Waals surface area contributed by atoms with Gasteiger partial charge in [-0.2, -0.15) is 0 Å². The smallest absolute Gasteiger partial charge is 0.127 e. The van der Waals surface area contributed by atoms with Crippen molar-refractivity contribution in [1.29, 1.82) is 0 Å². The third-order valence-electron chi connectivity index (χ3n) is 5.68. The van der Waals surface area contributed by atoms with Crippen molar-refractivity contribution in [1.82, 2.24) is 0 Å². The summed E-state index contributed by atoms with van der Waals surface area (Å²) in [6.07, 6.45) is 5.36. The monoisotopic (exact) mass is 324 g/mol. The molecule has 2 aromatic rings. The molecule has 4 rings (SSSR count). The fourth-order valence-electron chi connectivity index (χ4n) is 4.24. The van der Waals surface area contributed by atoms with Gasteiger partial charge in [-0.15, -0.1) is 0 Å². The van der Waals surface area contributed by atoms with Gasteiger partial charge in [0.2, 0.25) is 0 Å². The number of aliphatic hydroxyl groups excluding tert-OH is 1. The van der Waals surface area contributed by atoms with Gasteiger partial charge < -0.3 is 14.6 Å². The second-order valence-corrected chi connectivity index (χ2v) is 7.37. The van der Waals surface area contributed by atoms with Crippen LogP contribution in [0.3, 0.4) is 0 Å². The molecule has 0 saturated heterocycles. The summed E-state index contributed by atoms with van der Waals surface area (Å²) in [5.41, 5.74) is 1.25. The van der Waals surface area contributed by atoms with Gasteiger partial charge in [0, 0.05) is 6.61 Å². The lowest BCUT2D eigenvalue weighted by Crippen LogP contribution is -2.26. The molecule has 0 unspecified atom stereocenters. The Bertz CT molecular complexity index is 687. The van der Waals surface area contributed by atoms with E-state index in [1.165, 1.54) is 0 Å². The second-order valence-electron chi connectivity index (χ2n) is 7.37. The van der Waals surface area contributed by atoms with E-state index in [2.05, 4.69) is 6.07 Å². The lowest BCUT2D eigenvalue weighted by Gasteiger charge is -2.27. The average Bonchev–Trinajstić information content (AvgIpc) is 3.19. The Morgan fingerprint density at radius 1 is 0.875 bits per heavy atom. The largest absolute Gasteiger partial charge is 0.457 e. The number of benzene rings is 2. The first kappa shape index (κ1) is 15.7. The lowest BCUT2D eigenvalue weighted by molar-refractivity contribution is -0.0486.